The van der Waals surface area contributed by atoms with E-state index in [0.717, 1.165) is 0 Å². The quantitative estimate of drug-likeness (QED) is 0.468. The third-order valence-electron chi connectivity index (χ3n) is 6.66. The van der Waals surface area contributed by atoms with E-state index in [1.807, 2.05) is 9.80 Å². The van der Waals surface area contributed by atoms with Crippen LogP contribution in [0.4, 0.5) is 15.8 Å². The monoisotopic (exact) mass is 547 g/mol. The highest BCUT2D eigenvalue weighted by Gasteiger charge is 2.31. The summed E-state index contributed by atoms with van der Waals surface area (Å²) in [5.41, 5.74) is 0.905. The van der Waals surface area contributed by atoms with Crippen LogP contribution in [0.15, 0.2) is 64.4 Å². The fraction of sp³-hybridized carbons (Fsp3) is 0.360. The Kier molecular flexibility index (Phi) is 7.47. The smallest absolute Gasteiger partial charge is 0.292 e. The van der Waals surface area contributed by atoms with Crippen molar-refractivity contribution in [3.63, 3.8) is 0 Å². The first kappa shape index (κ1) is 25.7. The zero-order valence-electron chi connectivity index (χ0n) is 20.1. The van der Waals surface area contributed by atoms with Crippen molar-refractivity contribution in [1.29, 1.82) is 0 Å². The van der Waals surface area contributed by atoms with Gasteiger partial charge in [0.05, 0.1) is 36.5 Å². The molecule has 0 atom stereocenters. The van der Waals surface area contributed by atoms with Crippen LogP contribution in [0, 0.1) is 5.82 Å². The molecule has 37 heavy (non-hydrogen) atoms. The Balaban J connectivity index is 1.44. The van der Waals surface area contributed by atoms with E-state index in [-0.39, 0.29) is 40.7 Å². The van der Waals surface area contributed by atoms with Crippen molar-refractivity contribution in [3.05, 3.63) is 81.5 Å². The molecule has 2 aromatic carbocycles. The van der Waals surface area contributed by atoms with Crippen LogP contribution in [-0.2, 0) is 21.3 Å². The van der Waals surface area contributed by atoms with Gasteiger partial charge in [0.1, 0.15) is 11.5 Å². The molecule has 0 radical (unpaired) electrons. The number of halogens is 2. The molecule has 2 saturated heterocycles. The first-order valence-electron chi connectivity index (χ1n) is 12.0. The van der Waals surface area contributed by atoms with E-state index < -0.39 is 15.8 Å². The van der Waals surface area contributed by atoms with Gasteiger partial charge in [-0.15, -0.1) is 0 Å². The highest BCUT2D eigenvalue weighted by atomic mass is 35.5. The molecule has 2 fully saturated rings. The molecule has 0 saturated carbocycles. The number of morpholine rings is 1. The Morgan fingerprint density at radius 3 is 2.30 bits per heavy atom. The topological polar surface area (TPSA) is 88.0 Å². The largest absolute Gasteiger partial charge is 0.378 e. The number of hydrogen-bond donors (Lipinski definition) is 0. The summed E-state index contributed by atoms with van der Waals surface area (Å²) >= 11 is 6.20. The Morgan fingerprint density at radius 1 is 0.919 bits per heavy atom. The van der Waals surface area contributed by atoms with Gasteiger partial charge in [0.25, 0.3) is 5.56 Å². The molecular weight excluding hydrogens is 521 g/mol. The maximum Gasteiger partial charge on any atom is 0.292 e. The molecule has 1 aromatic heterocycles. The number of anilines is 2. The van der Waals surface area contributed by atoms with Crippen molar-refractivity contribution in [2.75, 3.05) is 62.3 Å². The van der Waals surface area contributed by atoms with E-state index in [0.29, 0.717) is 50.8 Å². The minimum absolute atomic E-state index is 0.106. The van der Waals surface area contributed by atoms with Gasteiger partial charge >= 0.3 is 0 Å². The van der Waals surface area contributed by atoms with Crippen molar-refractivity contribution >= 4 is 33.0 Å². The average Bonchev–Trinajstić information content (AvgIpc) is 2.92. The van der Waals surface area contributed by atoms with Crippen molar-refractivity contribution in [3.8, 4) is 0 Å². The van der Waals surface area contributed by atoms with E-state index in [2.05, 4.69) is 5.10 Å². The minimum atomic E-state index is -3.61. The summed E-state index contributed by atoms with van der Waals surface area (Å²) < 4.78 is 48.7. The summed E-state index contributed by atoms with van der Waals surface area (Å²) in [6.45, 7) is 3.23. The number of rotatable bonds is 6. The highest BCUT2D eigenvalue weighted by molar-refractivity contribution is 7.89. The van der Waals surface area contributed by atoms with Gasteiger partial charge < -0.3 is 14.5 Å². The molecule has 3 aromatic rings. The molecule has 0 N–H and O–H groups in total. The minimum Gasteiger partial charge on any atom is -0.378 e. The van der Waals surface area contributed by atoms with Crippen LogP contribution in [0.1, 0.15) is 5.56 Å². The summed E-state index contributed by atoms with van der Waals surface area (Å²) in [6, 6.07) is 12.7. The number of benzene rings is 2. The molecule has 2 aliphatic rings. The van der Waals surface area contributed by atoms with Gasteiger partial charge in [0, 0.05) is 49.9 Å². The molecule has 12 heteroatoms. The van der Waals surface area contributed by atoms with Gasteiger partial charge in [0.15, 0.2) is 0 Å². The fourth-order valence-electron chi connectivity index (χ4n) is 4.64. The lowest BCUT2D eigenvalue weighted by Crippen LogP contribution is -2.50. The molecule has 9 nitrogen and oxygen atoms in total. The van der Waals surface area contributed by atoms with Gasteiger partial charge in [-0.25, -0.2) is 17.5 Å². The Labute approximate surface area is 219 Å². The summed E-state index contributed by atoms with van der Waals surface area (Å²) in [7, 11) is -3.61. The number of hydrogen-bond acceptors (Lipinski definition) is 7. The lowest BCUT2D eigenvalue weighted by molar-refractivity contribution is 0.122. The fourth-order valence-corrected chi connectivity index (χ4v) is 6.31. The second-order valence-electron chi connectivity index (χ2n) is 8.85. The number of aromatic nitrogens is 2. The van der Waals surface area contributed by atoms with Gasteiger partial charge in [-0.05, 0) is 24.3 Å². The van der Waals surface area contributed by atoms with Gasteiger partial charge in [-0.3, -0.25) is 4.79 Å². The molecule has 3 heterocycles. The Hall–Kier alpha value is -2.99. The lowest BCUT2D eigenvalue weighted by Gasteiger charge is -2.38. The molecule has 5 rings (SSSR count). The molecule has 0 unspecified atom stereocenters. The number of nitrogens with zero attached hydrogens (tertiary/aromatic N) is 5. The van der Waals surface area contributed by atoms with E-state index >= 15 is 0 Å². The van der Waals surface area contributed by atoms with Crippen LogP contribution in [0.25, 0.3) is 0 Å². The summed E-state index contributed by atoms with van der Waals surface area (Å²) in [5, 5.41) is 4.57. The predicted molar refractivity (Wildman–Crippen MR) is 139 cm³/mol. The van der Waals surface area contributed by atoms with Crippen LogP contribution < -0.4 is 15.4 Å². The zero-order chi connectivity index (χ0) is 26.0. The van der Waals surface area contributed by atoms with Gasteiger partial charge in [-0.2, -0.15) is 9.40 Å². The average molecular weight is 548 g/mol. The second kappa shape index (κ2) is 10.8. The summed E-state index contributed by atoms with van der Waals surface area (Å²) in [5.74, 6) is -0.506. The maximum absolute atomic E-state index is 14.4. The van der Waals surface area contributed by atoms with Crippen LogP contribution >= 0.6 is 11.6 Å². The van der Waals surface area contributed by atoms with Crippen molar-refractivity contribution in [1.82, 2.24) is 14.1 Å². The maximum atomic E-state index is 14.4. The third-order valence-corrected chi connectivity index (χ3v) is 8.92. The van der Waals surface area contributed by atoms with Crippen LogP contribution in [0.2, 0.25) is 5.02 Å². The predicted octanol–water partition coefficient (Wildman–Crippen LogP) is 2.43. The molecule has 0 amide bonds. The normalized spacial score (nSPS) is 17.2. The molecule has 196 valence electrons. The zero-order valence-corrected chi connectivity index (χ0v) is 21.7. The number of piperazine rings is 1. The second-order valence-corrected chi connectivity index (χ2v) is 11.2. The van der Waals surface area contributed by atoms with Crippen molar-refractivity contribution in [2.45, 2.75) is 11.4 Å². The van der Waals surface area contributed by atoms with E-state index in [4.69, 9.17) is 16.3 Å². The van der Waals surface area contributed by atoms with Gasteiger partial charge in [0.2, 0.25) is 10.0 Å². The Morgan fingerprint density at radius 2 is 1.62 bits per heavy atom. The molecule has 2 aliphatic heterocycles. The van der Waals surface area contributed by atoms with Crippen molar-refractivity contribution < 1.29 is 17.5 Å². The van der Waals surface area contributed by atoms with Gasteiger partial charge in [-0.1, -0.05) is 35.9 Å². The number of ether oxygens (including phenoxy) is 1. The SMILES string of the molecule is O=c1c(N2CCOCC2)c(N2CCN(S(=O)(=O)c3ccccc3)CC2)cnn1Cc1c(F)cccc1Cl. The molecule has 0 aliphatic carbocycles. The first-order valence-corrected chi connectivity index (χ1v) is 13.8. The van der Waals surface area contributed by atoms with E-state index in [1.54, 1.807) is 42.6 Å². The summed E-state index contributed by atoms with van der Waals surface area (Å²) in [4.78, 5) is 17.9. The van der Waals surface area contributed by atoms with Crippen molar-refractivity contribution in [2.24, 2.45) is 0 Å². The molecule has 0 spiro atoms. The number of sulfonamides is 1. The van der Waals surface area contributed by atoms with Crippen LogP contribution in [0.3, 0.4) is 0 Å². The van der Waals surface area contributed by atoms with Crippen LogP contribution in [0.5, 0.6) is 0 Å². The summed E-state index contributed by atoms with van der Waals surface area (Å²) in [6.07, 6.45) is 1.60. The van der Waals surface area contributed by atoms with E-state index in [1.165, 1.54) is 21.1 Å². The molecule has 0 bridgehead atoms. The standard InChI is InChI=1S/C25H27ClFN5O4S/c26-21-7-4-8-22(27)20(21)18-32-25(33)24(30-13-15-36-16-14-30)23(17-28-32)29-9-11-31(12-10-29)37(34,35)19-5-2-1-3-6-19/h1-8,17H,9-16,18H2. The van der Waals surface area contributed by atoms with Crippen LogP contribution in [-0.4, -0.2) is 75.0 Å². The first-order chi connectivity index (χ1) is 17.9. The van der Waals surface area contributed by atoms with E-state index in [9.17, 15) is 17.6 Å². The molecular formula is C25H27ClFN5O4S. The highest BCUT2D eigenvalue weighted by Crippen LogP contribution is 2.29. The lowest BCUT2D eigenvalue weighted by atomic mass is 10.2. The third kappa shape index (κ3) is 5.22. The Bertz CT molecular complexity index is 1400.